The van der Waals surface area contributed by atoms with Crippen molar-refractivity contribution >= 4 is 43.9 Å². The summed E-state index contributed by atoms with van der Waals surface area (Å²) in [5.74, 6) is 0. The van der Waals surface area contributed by atoms with Crippen molar-refractivity contribution in [2.24, 2.45) is 0 Å². The number of hydrogen-bond acceptors (Lipinski definition) is 5. The molecule has 1 N–H and O–H groups in total. The number of pyridine rings is 2. The lowest BCUT2D eigenvalue weighted by atomic mass is 10.0. The van der Waals surface area contributed by atoms with Gasteiger partial charge in [-0.1, -0.05) is 6.07 Å². The summed E-state index contributed by atoms with van der Waals surface area (Å²) in [5, 5.41) is 0.601. The predicted molar refractivity (Wildman–Crippen MR) is 109 cm³/mol. The van der Waals surface area contributed by atoms with Crippen molar-refractivity contribution in [3.63, 3.8) is 0 Å². The van der Waals surface area contributed by atoms with E-state index in [0.717, 1.165) is 31.9 Å². The molecule has 5 aromatic rings. The van der Waals surface area contributed by atoms with E-state index in [2.05, 4.69) is 35.1 Å². The molecule has 0 fully saturated rings. The number of H-pyrrole nitrogens is 1. The Morgan fingerprint density at radius 3 is 2.85 bits per heavy atom. The lowest BCUT2D eigenvalue weighted by Crippen LogP contribution is -2.03. The van der Waals surface area contributed by atoms with Gasteiger partial charge >= 0.3 is 0 Å². The van der Waals surface area contributed by atoms with Crippen molar-refractivity contribution in [2.45, 2.75) is 6.92 Å². The van der Waals surface area contributed by atoms with E-state index in [1.165, 1.54) is 10.9 Å². The van der Waals surface area contributed by atoms with Gasteiger partial charge in [0.25, 0.3) is 0 Å². The number of benzene rings is 1. The number of hydrogen-bond donors (Lipinski definition) is 1. The average molecular weight is 375 g/mol. The Labute approximate surface area is 156 Å². The fourth-order valence-corrected chi connectivity index (χ4v) is 4.68. The van der Waals surface area contributed by atoms with E-state index in [1.54, 1.807) is 28.9 Å². The first kappa shape index (κ1) is 15.4. The number of aromatic nitrogens is 3. The first-order valence-electron chi connectivity index (χ1n) is 8.12. The van der Waals surface area contributed by atoms with E-state index in [4.69, 9.17) is 4.98 Å². The second-order valence-corrected chi connectivity index (χ2v) is 8.24. The zero-order valence-electron chi connectivity index (χ0n) is 13.8. The molecule has 0 amide bonds. The van der Waals surface area contributed by atoms with E-state index in [9.17, 15) is 4.79 Å². The summed E-state index contributed by atoms with van der Waals surface area (Å²) in [5.41, 5.74) is 6.31. The predicted octanol–water partition coefficient (Wildman–Crippen LogP) is 5.24. The quantitative estimate of drug-likeness (QED) is 0.459. The van der Waals surface area contributed by atoms with Crippen LogP contribution >= 0.6 is 22.7 Å². The van der Waals surface area contributed by atoms with Gasteiger partial charge in [0.1, 0.15) is 5.65 Å². The van der Waals surface area contributed by atoms with Crippen LogP contribution in [0.5, 0.6) is 0 Å². The molecule has 0 bridgehead atoms. The SMILES string of the molecule is Cc1ccc(-c2nc3[nH]ccc(=O)c3cc2-c2ccc3ncsc3c2)s1. The Morgan fingerprint density at radius 1 is 1.08 bits per heavy atom. The number of rotatable bonds is 2. The summed E-state index contributed by atoms with van der Waals surface area (Å²) in [6.07, 6.45) is 1.64. The maximum absolute atomic E-state index is 12.3. The van der Waals surface area contributed by atoms with Crippen LogP contribution in [0.2, 0.25) is 0 Å². The summed E-state index contributed by atoms with van der Waals surface area (Å²) in [6, 6.07) is 13.9. The van der Waals surface area contributed by atoms with E-state index < -0.39 is 0 Å². The number of nitrogens with one attached hydrogen (secondary N) is 1. The van der Waals surface area contributed by atoms with Crippen molar-refractivity contribution in [3.8, 4) is 21.7 Å². The van der Waals surface area contributed by atoms with Crippen LogP contribution < -0.4 is 5.43 Å². The molecule has 0 saturated carbocycles. The second kappa shape index (κ2) is 5.86. The van der Waals surface area contributed by atoms with Crippen molar-refractivity contribution in [1.29, 1.82) is 0 Å². The van der Waals surface area contributed by atoms with Crippen LogP contribution in [-0.4, -0.2) is 15.0 Å². The molecular formula is C20H13N3OS2. The van der Waals surface area contributed by atoms with Gasteiger partial charge in [-0.05, 0) is 42.8 Å². The highest BCUT2D eigenvalue weighted by atomic mass is 32.1. The van der Waals surface area contributed by atoms with Gasteiger partial charge in [0, 0.05) is 22.7 Å². The smallest absolute Gasteiger partial charge is 0.191 e. The lowest BCUT2D eigenvalue weighted by molar-refractivity contribution is 1.28. The second-order valence-electron chi connectivity index (χ2n) is 6.07. The number of thiophene rings is 1. The largest absolute Gasteiger partial charge is 0.346 e. The standard InChI is InChI=1S/C20H13N3OS2/c1-11-2-5-17(26-11)19-13(9-14-16(24)6-7-21-20(14)23-19)12-3-4-15-18(8-12)25-10-22-15/h2-10H,1H3,(H,21,23,24). The molecule has 5 rings (SSSR count). The average Bonchev–Trinajstić information content (AvgIpc) is 3.29. The van der Waals surface area contributed by atoms with E-state index in [-0.39, 0.29) is 5.43 Å². The number of nitrogens with zero attached hydrogens (tertiary/aromatic N) is 2. The third kappa shape index (κ3) is 2.46. The van der Waals surface area contributed by atoms with E-state index in [1.807, 2.05) is 23.7 Å². The van der Waals surface area contributed by atoms with Crippen LogP contribution in [0.3, 0.4) is 0 Å². The highest BCUT2D eigenvalue weighted by molar-refractivity contribution is 7.16. The maximum atomic E-state index is 12.3. The Kier molecular flexibility index (Phi) is 3.48. The summed E-state index contributed by atoms with van der Waals surface area (Å²) in [4.78, 5) is 26.9. The molecule has 0 aliphatic rings. The van der Waals surface area contributed by atoms with Gasteiger partial charge in [0.2, 0.25) is 0 Å². The van der Waals surface area contributed by atoms with Gasteiger partial charge in [0.15, 0.2) is 5.43 Å². The number of aryl methyl sites for hydroxylation is 1. The monoisotopic (exact) mass is 375 g/mol. The van der Waals surface area contributed by atoms with Crippen molar-refractivity contribution in [3.05, 3.63) is 69.3 Å². The molecule has 0 aliphatic carbocycles. The van der Waals surface area contributed by atoms with Crippen molar-refractivity contribution < 1.29 is 0 Å². The van der Waals surface area contributed by atoms with Crippen molar-refractivity contribution in [1.82, 2.24) is 15.0 Å². The Morgan fingerprint density at radius 2 is 2.00 bits per heavy atom. The maximum Gasteiger partial charge on any atom is 0.191 e. The molecule has 1 aromatic carbocycles. The molecule has 0 unspecified atom stereocenters. The first-order chi connectivity index (χ1) is 12.7. The zero-order chi connectivity index (χ0) is 17.7. The van der Waals surface area contributed by atoms with E-state index >= 15 is 0 Å². The third-order valence-electron chi connectivity index (χ3n) is 4.36. The summed E-state index contributed by atoms with van der Waals surface area (Å²) >= 11 is 3.32. The minimum absolute atomic E-state index is 0.0275. The molecule has 26 heavy (non-hydrogen) atoms. The van der Waals surface area contributed by atoms with E-state index in [0.29, 0.717) is 11.0 Å². The van der Waals surface area contributed by atoms with Crippen LogP contribution in [-0.2, 0) is 0 Å². The van der Waals surface area contributed by atoms with Crippen LogP contribution in [0.15, 0.2) is 59.0 Å². The van der Waals surface area contributed by atoms with Gasteiger partial charge in [0.05, 0.1) is 31.7 Å². The molecule has 0 radical (unpaired) electrons. The topological polar surface area (TPSA) is 58.6 Å². The lowest BCUT2D eigenvalue weighted by Gasteiger charge is -2.10. The number of fused-ring (bicyclic) bond motifs is 2. The van der Waals surface area contributed by atoms with Gasteiger partial charge < -0.3 is 4.98 Å². The molecule has 6 heteroatoms. The molecule has 4 aromatic heterocycles. The van der Waals surface area contributed by atoms with Crippen molar-refractivity contribution in [2.75, 3.05) is 0 Å². The molecule has 0 atom stereocenters. The number of aromatic amines is 1. The fourth-order valence-electron chi connectivity index (χ4n) is 3.09. The minimum atomic E-state index is -0.0275. The molecular weight excluding hydrogens is 362 g/mol. The van der Waals surface area contributed by atoms with Gasteiger partial charge in [-0.3, -0.25) is 4.79 Å². The minimum Gasteiger partial charge on any atom is -0.346 e. The molecule has 126 valence electrons. The normalized spacial score (nSPS) is 11.4. The Balaban J connectivity index is 1.86. The third-order valence-corrected chi connectivity index (χ3v) is 6.16. The molecule has 4 nitrogen and oxygen atoms in total. The summed E-state index contributed by atoms with van der Waals surface area (Å²) in [6.45, 7) is 2.08. The van der Waals surface area contributed by atoms with Gasteiger partial charge in [-0.25, -0.2) is 9.97 Å². The molecule has 0 saturated heterocycles. The van der Waals surface area contributed by atoms with Crippen LogP contribution in [0, 0.1) is 6.92 Å². The first-order valence-corrected chi connectivity index (χ1v) is 9.81. The molecule has 0 aliphatic heterocycles. The molecule has 0 spiro atoms. The Bertz CT molecular complexity index is 1330. The Hall–Kier alpha value is -2.83. The summed E-state index contributed by atoms with van der Waals surface area (Å²) in [7, 11) is 0. The molecule has 4 heterocycles. The highest BCUT2D eigenvalue weighted by Crippen LogP contribution is 2.37. The van der Waals surface area contributed by atoms with Crippen LogP contribution in [0.25, 0.3) is 42.9 Å². The summed E-state index contributed by atoms with van der Waals surface area (Å²) < 4.78 is 1.12. The highest BCUT2D eigenvalue weighted by Gasteiger charge is 2.15. The fraction of sp³-hybridized carbons (Fsp3) is 0.0500. The van der Waals surface area contributed by atoms with Crippen LogP contribution in [0.1, 0.15) is 4.88 Å². The number of thiazole rings is 1. The van der Waals surface area contributed by atoms with Gasteiger partial charge in [-0.2, -0.15) is 0 Å². The zero-order valence-corrected chi connectivity index (χ0v) is 15.4. The van der Waals surface area contributed by atoms with Gasteiger partial charge in [-0.15, -0.1) is 22.7 Å². The van der Waals surface area contributed by atoms with Crippen LogP contribution in [0.4, 0.5) is 0 Å².